The molecule has 2 amide bonds. The Labute approximate surface area is 133 Å². The third-order valence-electron chi connectivity index (χ3n) is 4.46. The summed E-state index contributed by atoms with van der Waals surface area (Å²) in [6.45, 7) is 13.9. The van der Waals surface area contributed by atoms with E-state index in [1.807, 2.05) is 37.5 Å². The van der Waals surface area contributed by atoms with Gasteiger partial charge in [-0.2, -0.15) is 0 Å². The summed E-state index contributed by atoms with van der Waals surface area (Å²) in [6.07, 6.45) is 1.01. The van der Waals surface area contributed by atoms with Gasteiger partial charge in [0.15, 0.2) is 0 Å². The van der Waals surface area contributed by atoms with E-state index in [-0.39, 0.29) is 6.03 Å². The minimum absolute atomic E-state index is 0.171. The van der Waals surface area contributed by atoms with E-state index in [0.717, 1.165) is 63.7 Å². The molecule has 0 saturated carbocycles. The summed E-state index contributed by atoms with van der Waals surface area (Å²) < 4.78 is 5.24. The molecule has 0 bridgehead atoms. The van der Waals surface area contributed by atoms with Gasteiger partial charge in [0, 0.05) is 51.4 Å². The lowest BCUT2D eigenvalue weighted by Gasteiger charge is -2.28. The van der Waals surface area contributed by atoms with Gasteiger partial charge in [0.25, 0.3) is 0 Å². The molecule has 0 atom stereocenters. The van der Waals surface area contributed by atoms with Crippen molar-refractivity contribution in [2.75, 3.05) is 39.3 Å². The summed E-state index contributed by atoms with van der Waals surface area (Å²) in [5.74, 6) is 0.901. The highest BCUT2D eigenvalue weighted by atomic mass is 16.5. The molecular formula is C16H28N4O2. The van der Waals surface area contributed by atoms with Crippen LogP contribution in [0.15, 0.2) is 4.52 Å². The van der Waals surface area contributed by atoms with Crippen molar-refractivity contribution in [2.45, 2.75) is 40.7 Å². The SMILES string of the molecule is CCN(CC)C(=O)N1CCCN(Cc2c(C)noc2C)CC1. The number of aromatic nitrogens is 1. The number of rotatable bonds is 4. The predicted octanol–water partition coefficient (Wildman–Crippen LogP) is 2.26. The van der Waals surface area contributed by atoms with E-state index in [1.165, 1.54) is 5.56 Å². The largest absolute Gasteiger partial charge is 0.361 e. The molecule has 6 heteroatoms. The second-order valence-corrected chi connectivity index (χ2v) is 5.87. The van der Waals surface area contributed by atoms with E-state index in [0.29, 0.717) is 0 Å². The molecule has 0 unspecified atom stereocenters. The fraction of sp³-hybridized carbons (Fsp3) is 0.750. The van der Waals surface area contributed by atoms with Crippen LogP contribution in [0.3, 0.4) is 0 Å². The Kier molecular flexibility index (Phi) is 5.83. The summed E-state index contributed by atoms with van der Waals surface area (Å²) in [4.78, 5) is 18.7. The molecule has 2 rings (SSSR count). The van der Waals surface area contributed by atoms with Crippen LogP contribution < -0.4 is 0 Å². The van der Waals surface area contributed by atoms with Gasteiger partial charge in [0.1, 0.15) is 5.76 Å². The fourth-order valence-corrected chi connectivity index (χ4v) is 2.97. The maximum Gasteiger partial charge on any atom is 0.320 e. The molecule has 22 heavy (non-hydrogen) atoms. The summed E-state index contributed by atoms with van der Waals surface area (Å²) in [6, 6.07) is 0.171. The molecule has 1 aliphatic rings. The number of aryl methyl sites for hydroxylation is 2. The zero-order valence-electron chi connectivity index (χ0n) is 14.3. The Hall–Kier alpha value is -1.56. The van der Waals surface area contributed by atoms with Crippen molar-refractivity contribution in [1.82, 2.24) is 19.9 Å². The molecule has 1 aromatic rings. The fourth-order valence-electron chi connectivity index (χ4n) is 2.97. The maximum atomic E-state index is 12.5. The summed E-state index contributed by atoms with van der Waals surface area (Å²) >= 11 is 0. The molecule has 1 fully saturated rings. The van der Waals surface area contributed by atoms with Crippen LogP contribution in [0.5, 0.6) is 0 Å². The van der Waals surface area contributed by atoms with E-state index >= 15 is 0 Å². The summed E-state index contributed by atoms with van der Waals surface area (Å²) in [5.41, 5.74) is 2.15. The third kappa shape index (κ3) is 3.80. The van der Waals surface area contributed by atoms with Crippen LogP contribution in [-0.4, -0.2) is 65.2 Å². The van der Waals surface area contributed by atoms with E-state index in [1.54, 1.807) is 0 Å². The summed E-state index contributed by atoms with van der Waals surface area (Å²) in [7, 11) is 0. The zero-order chi connectivity index (χ0) is 16.1. The van der Waals surface area contributed by atoms with Crippen molar-refractivity contribution in [1.29, 1.82) is 0 Å². The van der Waals surface area contributed by atoms with Gasteiger partial charge in [-0.15, -0.1) is 0 Å². The van der Waals surface area contributed by atoms with E-state index in [9.17, 15) is 4.79 Å². The molecule has 0 radical (unpaired) electrons. The number of carbonyl (C=O) groups is 1. The normalized spacial score (nSPS) is 16.6. The minimum atomic E-state index is 0.171. The number of hydrogen-bond donors (Lipinski definition) is 0. The lowest BCUT2D eigenvalue weighted by Crippen LogP contribution is -2.44. The maximum absolute atomic E-state index is 12.5. The van der Waals surface area contributed by atoms with Crippen molar-refractivity contribution >= 4 is 6.03 Å². The predicted molar refractivity (Wildman–Crippen MR) is 85.8 cm³/mol. The number of amides is 2. The number of urea groups is 1. The Morgan fingerprint density at radius 3 is 2.50 bits per heavy atom. The molecule has 0 aliphatic carbocycles. The van der Waals surface area contributed by atoms with E-state index < -0.39 is 0 Å². The highest BCUT2D eigenvalue weighted by Crippen LogP contribution is 2.16. The van der Waals surface area contributed by atoms with Crippen molar-refractivity contribution in [3.63, 3.8) is 0 Å². The molecule has 0 N–H and O–H groups in total. The molecule has 1 aliphatic heterocycles. The second-order valence-electron chi connectivity index (χ2n) is 5.87. The highest BCUT2D eigenvalue weighted by molar-refractivity contribution is 5.74. The first-order valence-corrected chi connectivity index (χ1v) is 8.24. The van der Waals surface area contributed by atoms with Crippen LogP contribution in [0, 0.1) is 13.8 Å². The first-order valence-electron chi connectivity index (χ1n) is 8.24. The molecule has 1 aromatic heterocycles. The molecule has 124 valence electrons. The first-order chi connectivity index (χ1) is 10.6. The van der Waals surface area contributed by atoms with Crippen LogP contribution in [0.2, 0.25) is 0 Å². The monoisotopic (exact) mass is 308 g/mol. The van der Waals surface area contributed by atoms with Gasteiger partial charge in [-0.05, 0) is 34.1 Å². The van der Waals surface area contributed by atoms with Gasteiger partial charge >= 0.3 is 6.03 Å². The molecule has 6 nitrogen and oxygen atoms in total. The average Bonchev–Trinajstić information content (AvgIpc) is 2.71. The van der Waals surface area contributed by atoms with Crippen LogP contribution in [0.1, 0.15) is 37.3 Å². The first kappa shape index (κ1) is 16.8. The summed E-state index contributed by atoms with van der Waals surface area (Å²) in [5, 5.41) is 4.02. The van der Waals surface area contributed by atoms with Crippen LogP contribution in [-0.2, 0) is 6.54 Å². The Morgan fingerprint density at radius 1 is 1.18 bits per heavy atom. The lowest BCUT2D eigenvalue weighted by atomic mass is 10.2. The zero-order valence-corrected chi connectivity index (χ0v) is 14.3. The van der Waals surface area contributed by atoms with Crippen LogP contribution in [0.25, 0.3) is 0 Å². The molecule has 0 aromatic carbocycles. The molecule has 0 spiro atoms. The van der Waals surface area contributed by atoms with Gasteiger partial charge in [-0.25, -0.2) is 4.79 Å². The molecular weight excluding hydrogens is 280 g/mol. The van der Waals surface area contributed by atoms with Gasteiger partial charge in [-0.1, -0.05) is 5.16 Å². The topological polar surface area (TPSA) is 52.8 Å². The van der Waals surface area contributed by atoms with Crippen molar-refractivity contribution < 1.29 is 9.32 Å². The van der Waals surface area contributed by atoms with Gasteiger partial charge < -0.3 is 14.3 Å². The van der Waals surface area contributed by atoms with Crippen molar-refractivity contribution in [2.24, 2.45) is 0 Å². The number of hydrogen-bond acceptors (Lipinski definition) is 4. The smallest absolute Gasteiger partial charge is 0.320 e. The van der Waals surface area contributed by atoms with E-state index in [2.05, 4.69) is 10.1 Å². The Morgan fingerprint density at radius 2 is 1.91 bits per heavy atom. The molecule has 2 heterocycles. The number of carbonyl (C=O) groups excluding carboxylic acids is 1. The van der Waals surface area contributed by atoms with Gasteiger partial charge in [0.05, 0.1) is 5.69 Å². The lowest BCUT2D eigenvalue weighted by molar-refractivity contribution is 0.158. The van der Waals surface area contributed by atoms with Crippen molar-refractivity contribution in [3.8, 4) is 0 Å². The Balaban J connectivity index is 1.94. The third-order valence-corrected chi connectivity index (χ3v) is 4.46. The average molecular weight is 308 g/mol. The quantitative estimate of drug-likeness (QED) is 0.856. The Bertz CT molecular complexity index is 477. The second kappa shape index (κ2) is 7.63. The minimum Gasteiger partial charge on any atom is -0.361 e. The van der Waals surface area contributed by atoms with Crippen molar-refractivity contribution in [3.05, 3.63) is 17.0 Å². The van der Waals surface area contributed by atoms with Crippen LogP contribution >= 0.6 is 0 Å². The molecule has 1 saturated heterocycles. The highest BCUT2D eigenvalue weighted by Gasteiger charge is 2.23. The van der Waals surface area contributed by atoms with Gasteiger partial charge in [0.2, 0.25) is 0 Å². The van der Waals surface area contributed by atoms with Gasteiger partial charge in [-0.3, -0.25) is 4.90 Å². The van der Waals surface area contributed by atoms with Crippen LogP contribution in [0.4, 0.5) is 4.79 Å². The standard InChI is InChI=1S/C16H28N4O2/c1-5-19(6-2)16(21)20-9-7-8-18(10-11-20)12-15-13(3)17-22-14(15)4/h5-12H2,1-4H3. The number of nitrogens with zero attached hydrogens (tertiary/aromatic N) is 4. The van der Waals surface area contributed by atoms with E-state index in [4.69, 9.17) is 4.52 Å².